The van der Waals surface area contributed by atoms with Gasteiger partial charge in [0.15, 0.2) is 0 Å². The summed E-state index contributed by atoms with van der Waals surface area (Å²) in [7, 11) is 0. The van der Waals surface area contributed by atoms with E-state index < -0.39 is 11.1 Å². The number of carbonyl (C=O) groups is 1. The maximum atomic E-state index is 12.2. The molecule has 1 amide bonds. The van der Waals surface area contributed by atoms with Crippen molar-refractivity contribution in [1.82, 2.24) is 24.8 Å². The smallest absolute Gasteiger partial charge is 0.327 e. The van der Waals surface area contributed by atoms with Crippen LogP contribution >= 0.6 is 22.7 Å². The van der Waals surface area contributed by atoms with Crippen molar-refractivity contribution in [1.29, 1.82) is 0 Å². The summed E-state index contributed by atoms with van der Waals surface area (Å²) in [4.78, 5) is 39.5. The highest BCUT2D eigenvalue weighted by Gasteiger charge is 2.27. The topological polar surface area (TPSA) is 102 Å². The van der Waals surface area contributed by atoms with E-state index >= 15 is 0 Å². The number of nitrogens with zero attached hydrogens (tertiary/aromatic N) is 5. The first-order valence-corrected chi connectivity index (χ1v) is 14.7. The number of benzene rings is 2. The van der Waals surface area contributed by atoms with Crippen molar-refractivity contribution in [3.05, 3.63) is 101 Å². The molecule has 5 rings (SSSR count). The Balaban J connectivity index is 0.000000195. The van der Waals surface area contributed by atoms with Crippen LogP contribution in [0.5, 0.6) is 0 Å². The van der Waals surface area contributed by atoms with Crippen LogP contribution in [0.15, 0.2) is 83.0 Å². The maximum absolute atomic E-state index is 12.2. The lowest BCUT2D eigenvalue weighted by Gasteiger charge is -2.24. The van der Waals surface area contributed by atoms with E-state index in [1.54, 1.807) is 41.1 Å². The number of hydrogen-bond acceptors (Lipinski definition) is 8. The molecule has 2 aromatic carbocycles. The van der Waals surface area contributed by atoms with Gasteiger partial charge in [0.05, 0.1) is 16.9 Å². The molecule has 0 fully saturated rings. The molecule has 5 aromatic rings. The van der Waals surface area contributed by atoms with Gasteiger partial charge in [-0.2, -0.15) is 4.99 Å². The maximum Gasteiger partial charge on any atom is 0.327 e. The summed E-state index contributed by atoms with van der Waals surface area (Å²) < 4.78 is 1.41. The first kappa shape index (κ1) is 29.7. The van der Waals surface area contributed by atoms with Crippen LogP contribution in [-0.2, 0) is 15.9 Å². The van der Waals surface area contributed by atoms with Gasteiger partial charge in [0.2, 0.25) is 6.08 Å². The summed E-state index contributed by atoms with van der Waals surface area (Å²) in [6.07, 6.45) is 6.27. The zero-order valence-electron chi connectivity index (χ0n) is 23.9. The molecule has 0 aliphatic carbocycles. The third kappa shape index (κ3) is 7.49. The Morgan fingerprint density at radius 1 is 0.854 bits per heavy atom. The van der Waals surface area contributed by atoms with Crippen molar-refractivity contribution in [2.24, 2.45) is 4.99 Å². The Morgan fingerprint density at radius 2 is 1.37 bits per heavy atom. The fourth-order valence-electron chi connectivity index (χ4n) is 3.72. The Bertz CT molecular complexity index is 1640. The first-order valence-electron chi connectivity index (χ1n) is 12.9. The van der Waals surface area contributed by atoms with E-state index in [4.69, 9.17) is 4.98 Å². The molecule has 0 spiro atoms. The van der Waals surface area contributed by atoms with Gasteiger partial charge in [-0.3, -0.25) is 4.57 Å². The number of thiazole rings is 2. The number of hydrogen-bond donors (Lipinski definition) is 1. The van der Waals surface area contributed by atoms with Gasteiger partial charge in [0.25, 0.3) is 0 Å². The van der Waals surface area contributed by atoms with E-state index in [1.165, 1.54) is 22.0 Å². The predicted molar refractivity (Wildman–Crippen MR) is 165 cm³/mol. The number of rotatable bonds is 6. The van der Waals surface area contributed by atoms with Crippen molar-refractivity contribution in [3.8, 4) is 21.1 Å². The molecule has 10 heteroatoms. The normalized spacial score (nSPS) is 11.3. The zero-order chi connectivity index (χ0) is 29.6. The summed E-state index contributed by atoms with van der Waals surface area (Å²) in [5.74, 6) is 0. The summed E-state index contributed by atoms with van der Waals surface area (Å²) in [5, 5.41) is 8.80. The van der Waals surface area contributed by atoms with Gasteiger partial charge in [0, 0.05) is 34.3 Å². The fourth-order valence-corrected chi connectivity index (χ4v) is 5.70. The zero-order valence-corrected chi connectivity index (χ0v) is 25.5. The average Bonchev–Trinajstić information content (AvgIpc) is 3.72. The Morgan fingerprint density at radius 3 is 1.85 bits per heavy atom. The molecule has 1 N–H and O–H groups in total. The number of isocyanates is 1. The second kappa shape index (κ2) is 12.5. The van der Waals surface area contributed by atoms with Crippen molar-refractivity contribution in [3.63, 3.8) is 0 Å². The average molecular weight is 585 g/mol. The van der Waals surface area contributed by atoms with E-state index in [0.29, 0.717) is 0 Å². The molecule has 0 unspecified atom stereocenters. The van der Waals surface area contributed by atoms with Crippen LogP contribution in [0.25, 0.3) is 21.1 Å². The number of imidazole rings is 1. The first-order chi connectivity index (χ1) is 19.5. The Kier molecular flexibility index (Phi) is 9.08. The number of amides is 1. The van der Waals surface area contributed by atoms with Crippen LogP contribution in [0, 0.1) is 13.8 Å². The Hall–Kier alpha value is -4.24. The van der Waals surface area contributed by atoms with Crippen LogP contribution < -0.4 is 5.32 Å². The highest BCUT2D eigenvalue weighted by molar-refractivity contribution is 7.13. The molecule has 3 aromatic heterocycles. The molecule has 0 atom stereocenters. The monoisotopic (exact) mass is 584 g/mol. The van der Waals surface area contributed by atoms with Crippen LogP contribution in [0.1, 0.15) is 50.2 Å². The lowest BCUT2D eigenvalue weighted by molar-refractivity contribution is 0.231. The van der Waals surface area contributed by atoms with Crippen LogP contribution in [0.3, 0.4) is 0 Å². The van der Waals surface area contributed by atoms with E-state index in [1.807, 2.05) is 50.6 Å². The Labute approximate surface area is 247 Å². The van der Waals surface area contributed by atoms with Crippen molar-refractivity contribution >= 4 is 34.8 Å². The number of aromatic nitrogens is 4. The highest BCUT2D eigenvalue weighted by atomic mass is 32.1. The lowest BCUT2D eigenvalue weighted by atomic mass is 10.0. The van der Waals surface area contributed by atoms with Crippen LogP contribution in [-0.4, -0.2) is 31.6 Å². The molecule has 0 bridgehead atoms. The minimum absolute atomic E-state index is 0.225. The molecular formula is C31H32N6O2S2. The van der Waals surface area contributed by atoms with E-state index in [0.717, 1.165) is 32.5 Å². The summed E-state index contributed by atoms with van der Waals surface area (Å²) in [6, 6.07) is 16.3. The second-order valence-corrected chi connectivity index (χ2v) is 12.3. The van der Waals surface area contributed by atoms with Gasteiger partial charge in [-0.15, -0.1) is 22.7 Å². The van der Waals surface area contributed by atoms with Gasteiger partial charge in [-0.1, -0.05) is 59.7 Å². The van der Waals surface area contributed by atoms with Gasteiger partial charge in [-0.25, -0.2) is 24.5 Å². The SMILES string of the molecule is Cc1ccc(-c2nc(C(C)(C)N=C=O)cs2)cc1.Cc1ccc(-c2nc(C(C)(C)NC(=O)n3ccnc3)cs2)cc1. The fraction of sp³-hybridized carbons (Fsp3) is 0.258. The largest absolute Gasteiger partial charge is 0.327 e. The molecule has 41 heavy (non-hydrogen) atoms. The molecule has 0 saturated heterocycles. The van der Waals surface area contributed by atoms with Crippen LogP contribution in [0.4, 0.5) is 4.79 Å². The van der Waals surface area contributed by atoms with E-state index in [-0.39, 0.29) is 6.03 Å². The minimum Gasteiger partial charge on any atom is -0.327 e. The third-order valence-electron chi connectivity index (χ3n) is 6.36. The second-order valence-electron chi connectivity index (χ2n) is 10.6. The van der Waals surface area contributed by atoms with Crippen molar-refractivity contribution in [2.45, 2.75) is 52.6 Å². The third-order valence-corrected chi connectivity index (χ3v) is 8.14. The molecule has 0 saturated carbocycles. The number of aryl methyl sites for hydroxylation is 2. The lowest BCUT2D eigenvalue weighted by Crippen LogP contribution is -2.43. The predicted octanol–water partition coefficient (Wildman–Crippen LogP) is 7.50. The summed E-state index contributed by atoms with van der Waals surface area (Å²) in [5.41, 5.74) is 5.08. The molecule has 0 aliphatic heterocycles. The van der Waals surface area contributed by atoms with Crippen LogP contribution in [0.2, 0.25) is 0 Å². The van der Waals surface area contributed by atoms with Crippen molar-refractivity contribution in [2.75, 3.05) is 0 Å². The molecule has 3 heterocycles. The quantitative estimate of drug-likeness (QED) is 0.164. The standard InChI is InChI=1S/C17H18N4OS.C14H14N2OS/c1-12-4-6-13(7-5-12)15-19-14(10-23-15)17(2,3)20-16(22)21-9-8-18-11-21;1-10-4-6-11(7-5-10)13-16-12(8-18-13)14(2,3)15-9-17/h4-11H,1-3H3,(H,20,22);4-8H,1-3H3. The van der Waals surface area contributed by atoms with Gasteiger partial charge in [0.1, 0.15) is 21.9 Å². The molecule has 0 radical (unpaired) electrons. The van der Waals surface area contributed by atoms with E-state index in [2.05, 4.69) is 70.5 Å². The van der Waals surface area contributed by atoms with E-state index in [9.17, 15) is 9.59 Å². The molecular weight excluding hydrogens is 553 g/mol. The number of aliphatic imine (C=N–C) groups is 1. The number of nitrogens with one attached hydrogen (secondary N) is 1. The number of carbonyl (C=O) groups excluding carboxylic acids is 2. The molecule has 0 aliphatic rings. The minimum atomic E-state index is -0.610. The molecule has 210 valence electrons. The van der Waals surface area contributed by atoms with Gasteiger partial charge in [-0.05, 0) is 41.5 Å². The highest BCUT2D eigenvalue weighted by Crippen LogP contribution is 2.31. The summed E-state index contributed by atoms with van der Waals surface area (Å²) in [6.45, 7) is 11.7. The summed E-state index contributed by atoms with van der Waals surface area (Å²) >= 11 is 3.14. The van der Waals surface area contributed by atoms with Gasteiger partial charge >= 0.3 is 6.03 Å². The van der Waals surface area contributed by atoms with Gasteiger partial charge < -0.3 is 5.32 Å². The molecule has 8 nitrogen and oxygen atoms in total. The van der Waals surface area contributed by atoms with Crippen molar-refractivity contribution < 1.29 is 9.59 Å².